The van der Waals surface area contributed by atoms with E-state index >= 15 is 0 Å². The van der Waals surface area contributed by atoms with Gasteiger partial charge in [-0.1, -0.05) is 29.8 Å². The molecule has 3 nitrogen and oxygen atoms in total. The SMILES string of the molecule is Cc1ccc(C(O)CCN2CCOC(C)C2)cc1. The Hall–Kier alpha value is -0.900. The van der Waals surface area contributed by atoms with Gasteiger partial charge < -0.3 is 9.84 Å². The highest BCUT2D eigenvalue weighted by Crippen LogP contribution is 2.18. The van der Waals surface area contributed by atoms with E-state index in [0.717, 1.165) is 38.2 Å². The molecule has 1 heterocycles. The number of morpholine rings is 1. The maximum absolute atomic E-state index is 10.2. The average Bonchev–Trinajstić information content (AvgIpc) is 2.37. The standard InChI is InChI=1S/C15H23NO2/c1-12-3-5-14(6-4-12)15(17)7-8-16-9-10-18-13(2)11-16/h3-6,13,15,17H,7-11H2,1-2H3. The summed E-state index contributed by atoms with van der Waals surface area (Å²) in [5.41, 5.74) is 2.25. The molecular formula is C15H23NO2. The molecule has 1 aliphatic rings. The van der Waals surface area contributed by atoms with Gasteiger partial charge in [0, 0.05) is 19.6 Å². The second-order valence-corrected chi connectivity index (χ2v) is 5.20. The zero-order chi connectivity index (χ0) is 13.0. The number of aliphatic hydroxyl groups is 1. The Morgan fingerprint density at radius 1 is 1.39 bits per heavy atom. The molecule has 100 valence electrons. The van der Waals surface area contributed by atoms with Gasteiger partial charge in [-0.25, -0.2) is 0 Å². The van der Waals surface area contributed by atoms with Crippen molar-refractivity contribution in [1.29, 1.82) is 0 Å². The first-order valence-corrected chi connectivity index (χ1v) is 6.74. The van der Waals surface area contributed by atoms with E-state index in [2.05, 4.69) is 30.9 Å². The highest BCUT2D eigenvalue weighted by molar-refractivity contribution is 5.22. The topological polar surface area (TPSA) is 32.7 Å². The fraction of sp³-hybridized carbons (Fsp3) is 0.600. The second kappa shape index (κ2) is 6.32. The maximum atomic E-state index is 10.2. The van der Waals surface area contributed by atoms with Crippen molar-refractivity contribution in [1.82, 2.24) is 4.90 Å². The van der Waals surface area contributed by atoms with Crippen molar-refractivity contribution < 1.29 is 9.84 Å². The van der Waals surface area contributed by atoms with Crippen LogP contribution in [0.25, 0.3) is 0 Å². The van der Waals surface area contributed by atoms with Crippen LogP contribution in [0.2, 0.25) is 0 Å². The fourth-order valence-electron chi connectivity index (χ4n) is 2.35. The van der Waals surface area contributed by atoms with Crippen molar-refractivity contribution in [3.8, 4) is 0 Å². The predicted molar refractivity (Wildman–Crippen MR) is 72.6 cm³/mol. The summed E-state index contributed by atoms with van der Waals surface area (Å²) in [6.45, 7) is 7.85. The van der Waals surface area contributed by atoms with Gasteiger partial charge >= 0.3 is 0 Å². The fourth-order valence-corrected chi connectivity index (χ4v) is 2.35. The first-order chi connectivity index (χ1) is 8.65. The number of hydrogen-bond donors (Lipinski definition) is 1. The molecule has 1 saturated heterocycles. The monoisotopic (exact) mass is 249 g/mol. The molecule has 0 radical (unpaired) electrons. The van der Waals surface area contributed by atoms with Crippen molar-refractivity contribution in [2.45, 2.75) is 32.5 Å². The molecule has 1 aliphatic heterocycles. The maximum Gasteiger partial charge on any atom is 0.0802 e. The van der Waals surface area contributed by atoms with Gasteiger partial charge in [-0.15, -0.1) is 0 Å². The van der Waals surface area contributed by atoms with Crippen molar-refractivity contribution in [2.75, 3.05) is 26.2 Å². The molecule has 1 aromatic rings. The molecule has 0 bridgehead atoms. The van der Waals surface area contributed by atoms with Gasteiger partial charge in [0.1, 0.15) is 0 Å². The minimum atomic E-state index is -0.358. The molecule has 18 heavy (non-hydrogen) atoms. The van der Waals surface area contributed by atoms with Gasteiger partial charge in [0.2, 0.25) is 0 Å². The lowest BCUT2D eigenvalue weighted by atomic mass is 10.0. The molecule has 0 amide bonds. The van der Waals surface area contributed by atoms with Crippen LogP contribution >= 0.6 is 0 Å². The minimum Gasteiger partial charge on any atom is -0.388 e. The molecule has 2 unspecified atom stereocenters. The number of aliphatic hydroxyl groups excluding tert-OH is 1. The minimum absolute atomic E-state index is 0.315. The van der Waals surface area contributed by atoms with E-state index in [1.165, 1.54) is 5.56 Å². The zero-order valence-corrected chi connectivity index (χ0v) is 11.3. The van der Waals surface area contributed by atoms with Crippen LogP contribution in [0.15, 0.2) is 24.3 Å². The molecule has 0 saturated carbocycles. The van der Waals surface area contributed by atoms with Crippen LogP contribution in [0, 0.1) is 6.92 Å². The van der Waals surface area contributed by atoms with E-state index in [-0.39, 0.29) is 6.10 Å². The van der Waals surface area contributed by atoms with Gasteiger partial charge in [-0.05, 0) is 25.8 Å². The van der Waals surface area contributed by atoms with Gasteiger partial charge in [-0.2, -0.15) is 0 Å². The molecular weight excluding hydrogens is 226 g/mol. The van der Waals surface area contributed by atoms with Crippen molar-refractivity contribution in [2.24, 2.45) is 0 Å². The van der Waals surface area contributed by atoms with Crippen LogP contribution in [-0.4, -0.2) is 42.4 Å². The van der Waals surface area contributed by atoms with E-state index in [0.29, 0.717) is 6.10 Å². The third-order valence-electron chi connectivity index (χ3n) is 3.51. The highest BCUT2D eigenvalue weighted by Gasteiger charge is 2.17. The lowest BCUT2D eigenvalue weighted by Gasteiger charge is -2.31. The van der Waals surface area contributed by atoms with Crippen LogP contribution in [0.3, 0.4) is 0 Å². The molecule has 1 N–H and O–H groups in total. The molecule has 0 aliphatic carbocycles. The summed E-state index contributed by atoms with van der Waals surface area (Å²) >= 11 is 0. The van der Waals surface area contributed by atoms with Crippen LogP contribution < -0.4 is 0 Å². The van der Waals surface area contributed by atoms with Crippen molar-refractivity contribution in [3.63, 3.8) is 0 Å². The Morgan fingerprint density at radius 3 is 2.78 bits per heavy atom. The molecule has 0 spiro atoms. The summed E-state index contributed by atoms with van der Waals surface area (Å²) in [7, 11) is 0. The lowest BCUT2D eigenvalue weighted by Crippen LogP contribution is -2.41. The summed E-state index contributed by atoms with van der Waals surface area (Å²) in [5, 5.41) is 10.2. The summed E-state index contributed by atoms with van der Waals surface area (Å²) in [6, 6.07) is 8.13. The third kappa shape index (κ3) is 3.80. The summed E-state index contributed by atoms with van der Waals surface area (Å²) in [6.07, 6.45) is 0.745. The molecule has 1 fully saturated rings. The highest BCUT2D eigenvalue weighted by atomic mass is 16.5. The van der Waals surface area contributed by atoms with E-state index in [1.54, 1.807) is 0 Å². The van der Waals surface area contributed by atoms with E-state index < -0.39 is 0 Å². The van der Waals surface area contributed by atoms with Crippen LogP contribution in [-0.2, 0) is 4.74 Å². The quantitative estimate of drug-likeness (QED) is 0.887. The Balaban J connectivity index is 1.80. The molecule has 3 heteroatoms. The molecule has 0 aromatic heterocycles. The van der Waals surface area contributed by atoms with Gasteiger partial charge in [-0.3, -0.25) is 4.90 Å². The smallest absolute Gasteiger partial charge is 0.0802 e. The van der Waals surface area contributed by atoms with E-state index in [1.807, 2.05) is 12.1 Å². The van der Waals surface area contributed by atoms with Gasteiger partial charge in [0.25, 0.3) is 0 Å². The van der Waals surface area contributed by atoms with Crippen LogP contribution in [0.5, 0.6) is 0 Å². The number of rotatable bonds is 4. The zero-order valence-electron chi connectivity index (χ0n) is 11.3. The summed E-state index contributed by atoms with van der Waals surface area (Å²) < 4.78 is 5.51. The Kier molecular flexibility index (Phi) is 4.75. The van der Waals surface area contributed by atoms with Gasteiger partial charge in [0.05, 0.1) is 18.8 Å². The van der Waals surface area contributed by atoms with Crippen LogP contribution in [0.4, 0.5) is 0 Å². The number of nitrogens with zero attached hydrogens (tertiary/aromatic N) is 1. The van der Waals surface area contributed by atoms with Crippen LogP contribution in [0.1, 0.15) is 30.6 Å². The third-order valence-corrected chi connectivity index (χ3v) is 3.51. The van der Waals surface area contributed by atoms with E-state index in [4.69, 9.17) is 4.74 Å². The number of hydrogen-bond acceptors (Lipinski definition) is 3. The molecule has 1 aromatic carbocycles. The Bertz CT molecular complexity index is 363. The first-order valence-electron chi connectivity index (χ1n) is 6.74. The Labute approximate surface area is 109 Å². The molecule has 2 atom stereocenters. The number of aryl methyl sites for hydroxylation is 1. The lowest BCUT2D eigenvalue weighted by molar-refractivity contribution is -0.0221. The number of ether oxygens (including phenoxy) is 1. The summed E-state index contributed by atoms with van der Waals surface area (Å²) in [5.74, 6) is 0. The van der Waals surface area contributed by atoms with E-state index in [9.17, 15) is 5.11 Å². The summed E-state index contributed by atoms with van der Waals surface area (Å²) in [4.78, 5) is 2.37. The average molecular weight is 249 g/mol. The second-order valence-electron chi connectivity index (χ2n) is 5.20. The molecule has 2 rings (SSSR count). The first kappa shape index (κ1) is 13.5. The van der Waals surface area contributed by atoms with Crippen molar-refractivity contribution >= 4 is 0 Å². The largest absolute Gasteiger partial charge is 0.388 e. The number of benzene rings is 1. The normalized spacial score (nSPS) is 22.9. The van der Waals surface area contributed by atoms with Crippen molar-refractivity contribution in [3.05, 3.63) is 35.4 Å². The Morgan fingerprint density at radius 2 is 2.11 bits per heavy atom. The van der Waals surface area contributed by atoms with Gasteiger partial charge in [0.15, 0.2) is 0 Å². The predicted octanol–water partition coefficient (Wildman–Crippen LogP) is 2.14.